The van der Waals surface area contributed by atoms with Crippen LogP contribution >= 0.6 is 15.9 Å². The van der Waals surface area contributed by atoms with Crippen molar-refractivity contribution in [1.29, 1.82) is 0 Å². The molecule has 2 aromatic rings. The fourth-order valence-corrected chi connectivity index (χ4v) is 5.61. The SMILES string of the molecule is CCN(C(=O)c1ccccc1N1CCC(NC(=O)c2cccc(Br)c2)CC1)C1CCCCC1. The van der Waals surface area contributed by atoms with Gasteiger partial charge in [-0.3, -0.25) is 9.59 Å². The monoisotopic (exact) mass is 511 g/mol. The van der Waals surface area contributed by atoms with Crippen LogP contribution in [0.5, 0.6) is 0 Å². The summed E-state index contributed by atoms with van der Waals surface area (Å²) < 4.78 is 0.903. The Balaban J connectivity index is 1.40. The molecule has 1 N–H and O–H groups in total. The topological polar surface area (TPSA) is 52.7 Å². The molecule has 0 aromatic heterocycles. The number of anilines is 1. The van der Waals surface area contributed by atoms with Crippen LogP contribution in [0.15, 0.2) is 53.0 Å². The number of nitrogens with zero attached hydrogens (tertiary/aromatic N) is 2. The fraction of sp³-hybridized carbons (Fsp3) is 0.481. The van der Waals surface area contributed by atoms with Crippen molar-refractivity contribution in [3.63, 3.8) is 0 Å². The van der Waals surface area contributed by atoms with Gasteiger partial charge in [0.1, 0.15) is 0 Å². The minimum Gasteiger partial charge on any atom is -0.371 e. The molecule has 1 saturated heterocycles. The van der Waals surface area contributed by atoms with Crippen molar-refractivity contribution in [2.24, 2.45) is 0 Å². The first-order chi connectivity index (χ1) is 16.1. The highest BCUT2D eigenvalue weighted by atomic mass is 79.9. The van der Waals surface area contributed by atoms with Gasteiger partial charge < -0.3 is 15.1 Å². The number of nitrogens with one attached hydrogen (secondary N) is 1. The van der Waals surface area contributed by atoms with Gasteiger partial charge in [0.2, 0.25) is 0 Å². The van der Waals surface area contributed by atoms with E-state index < -0.39 is 0 Å². The Morgan fingerprint density at radius 3 is 2.42 bits per heavy atom. The first-order valence-corrected chi connectivity index (χ1v) is 13.1. The lowest BCUT2D eigenvalue weighted by Crippen LogP contribution is -2.46. The van der Waals surface area contributed by atoms with E-state index in [4.69, 9.17) is 0 Å². The van der Waals surface area contributed by atoms with Crippen molar-refractivity contribution in [2.45, 2.75) is 64.0 Å². The van der Waals surface area contributed by atoms with Crippen molar-refractivity contribution < 1.29 is 9.59 Å². The summed E-state index contributed by atoms with van der Waals surface area (Å²) >= 11 is 3.43. The maximum atomic E-state index is 13.6. The Bertz CT molecular complexity index is 965. The average Bonchev–Trinajstić information content (AvgIpc) is 2.85. The molecule has 0 bridgehead atoms. The fourth-order valence-electron chi connectivity index (χ4n) is 5.21. The molecule has 33 heavy (non-hydrogen) atoms. The highest BCUT2D eigenvalue weighted by molar-refractivity contribution is 9.10. The van der Waals surface area contributed by atoms with Crippen LogP contribution in [0.25, 0.3) is 0 Å². The molecular weight excluding hydrogens is 478 g/mol. The highest BCUT2D eigenvalue weighted by Gasteiger charge is 2.29. The van der Waals surface area contributed by atoms with Crippen LogP contribution in [0, 0.1) is 0 Å². The predicted molar refractivity (Wildman–Crippen MR) is 137 cm³/mol. The number of halogens is 1. The van der Waals surface area contributed by atoms with Crippen LogP contribution in [-0.4, -0.2) is 48.4 Å². The third-order valence-corrected chi connectivity index (χ3v) is 7.50. The molecule has 2 amide bonds. The maximum Gasteiger partial charge on any atom is 0.256 e. The van der Waals surface area contributed by atoms with Crippen molar-refractivity contribution >= 4 is 33.4 Å². The lowest BCUT2D eigenvalue weighted by molar-refractivity contribution is 0.0648. The van der Waals surface area contributed by atoms with Crippen LogP contribution in [0.4, 0.5) is 5.69 Å². The van der Waals surface area contributed by atoms with Crippen LogP contribution in [0.2, 0.25) is 0 Å². The van der Waals surface area contributed by atoms with Crippen LogP contribution in [-0.2, 0) is 0 Å². The Labute approximate surface area is 205 Å². The Hall–Kier alpha value is -2.34. The summed E-state index contributed by atoms with van der Waals surface area (Å²) in [6.45, 7) is 4.49. The first-order valence-electron chi connectivity index (χ1n) is 12.3. The largest absolute Gasteiger partial charge is 0.371 e. The summed E-state index contributed by atoms with van der Waals surface area (Å²) in [6, 6.07) is 16.0. The van der Waals surface area contributed by atoms with Gasteiger partial charge in [-0.15, -0.1) is 0 Å². The number of para-hydroxylation sites is 1. The molecule has 0 spiro atoms. The van der Waals surface area contributed by atoms with Gasteiger partial charge in [0, 0.05) is 47.4 Å². The summed E-state index contributed by atoms with van der Waals surface area (Å²) in [5.41, 5.74) is 2.50. The van der Waals surface area contributed by atoms with Crippen LogP contribution < -0.4 is 10.2 Å². The summed E-state index contributed by atoms with van der Waals surface area (Å²) in [5.74, 6) is 0.126. The second-order valence-electron chi connectivity index (χ2n) is 9.15. The molecule has 1 aliphatic carbocycles. The van der Waals surface area contributed by atoms with Gasteiger partial charge in [-0.25, -0.2) is 0 Å². The number of hydrogen-bond acceptors (Lipinski definition) is 3. The molecule has 176 valence electrons. The average molecular weight is 512 g/mol. The molecule has 0 atom stereocenters. The van der Waals surface area contributed by atoms with Gasteiger partial charge in [0.05, 0.1) is 5.56 Å². The third-order valence-electron chi connectivity index (χ3n) is 7.01. The van der Waals surface area contributed by atoms with Crippen molar-refractivity contribution in [3.05, 3.63) is 64.1 Å². The number of amides is 2. The molecule has 5 nitrogen and oxygen atoms in total. The minimum atomic E-state index is -0.0311. The molecule has 0 unspecified atom stereocenters. The van der Waals surface area contributed by atoms with E-state index >= 15 is 0 Å². The normalized spacial score (nSPS) is 17.6. The standard InChI is InChI=1S/C27H34BrN3O2/c1-2-31(23-11-4-3-5-12-23)27(33)24-13-6-7-14-25(24)30-17-15-22(16-18-30)29-26(32)20-9-8-10-21(28)19-20/h6-10,13-14,19,22-23H,2-5,11-12,15-18H2,1H3,(H,29,32). The minimum absolute atomic E-state index is 0.0311. The molecule has 6 heteroatoms. The van der Waals surface area contributed by atoms with Gasteiger partial charge in [0.15, 0.2) is 0 Å². The molecule has 4 rings (SSSR count). The van der Waals surface area contributed by atoms with E-state index in [0.717, 1.165) is 61.0 Å². The third kappa shape index (κ3) is 5.78. The smallest absolute Gasteiger partial charge is 0.256 e. The van der Waals surface area contributed by atoms with Gasteiger partial charge >= 0.3 is 0 Å². The number of rotatable bonds is 6. The molecule has 1 saturated carbocycles. The molecule has 2 aliphatic rings. The van der Waals surface area contributed by atoms with Crippen molar-refractivity contribution in [3.8, 4) is 0 Å². The van der Waals surface area contributed by atoms with E-state index in [0.29, 0.717) is 11.6 Å². The van der Waals surface area contributed by atoms with Gasteiger partial charge in [-0.1, -0.05) is 53.4 Å². The molecule has 2 fully saturated rings. The highest BCUT2D eigenvalue weighted by Crippen LogP contribution is 2.29. The van der Waals surface area contributed by atoms with E-state index in [-0.39, 0.29) is 17.9 Å². The Kier molecular flexibility index (Phi) is 8.07. The van der Waals surface area contributed by atoms with E-state index in [9.17, 15) is 9.59 Å². The zero-order valence-corrected chi connectivity index (χ0v) is 21.0. The van der Waals surface area contributed by atoms with Crippen molar-refractivity contribution in [1.82, 2.24) is 10.2 Å². The van der Waals surface area contributed by atoms with Crippen LogP contribution in [0.3, 0.4) is 0 Å². The van der Waals surface area contributed by atoms with Gasteiger partial charge in [0.25, 0.3) is 11.8 Å². The number of benzene rings is 2. The van der Waals surface area contributed by atoms with E-state index in [1.165, 1.54) is 19.3 Å². The number of piperidine rings is 1. The van der Waals surface area contributed by atoms with Crippen LogP contribution in [0.1, 0.15) is 72.6 Å². The second kappa shape index (κ2) is 11.2. The number of carbonyl (C=O) groups excluding carboxylic acids is 2. The predicted octanol–water partition coefficient (Wildman–Crippen LogP) is 5.64. The van der Waals surface area contributed by atoms with E-state index in [1.54, 1.807) is 0 Å². The quantitative estimate of drug-likeness (QED) is 0.545. The molecule has 1 aliphatic heterocycles. The zero-order valence-electron chi connectivity index (χ0n) is 19.4. The zero-order chi connectivity index (χ0) is 23.2. The summed E-state index contributed by atoms with van der Waals surface area (Å²) in [5, 5.41) is 3.18. The summed E-state index contributed by atoms with van der Waals surface area (Å²) in [7, 11) is 0. The first kappa shape index (κ1) is 23.8. The number of carbonyl (C=O) groups is 2. The lowest BCUT2D eigenvalue weighted by Gasteiger charge is -2.37. The van der Waals surface area contributed by atoms with E-state index in [2.05, 4.69) is 44.0 Å². The van der Waals surface area contributed by atoms with Crippen molar-refractivity contribution in [2.75, 3.05) is 24.5 Å². The lowest BCUT2D eigenvalue weighted by atomic mass is 9.93. The second-order valence-corrected chi connectivity index (χ2v) is 10.1. The molecule has 2 aromatic carbocycles. The van der Waals surface area contributed by atoms with E-state index in [1.807, 2.05) is 42.5 Å². The number of hydrogen-bond donors (Lipinski definition) is 1. The van der Waals surface area contributed by atoms with Gasteiger partial charge in [-0.2, -0.15) is 0 Å². The van der Waals surface area contributed by atoms with Gasteiger partial charge in [-0.05, 0) is 62.9 Å². The summed E-state index contributed by atoms with van der Waals surface area (Å²) in [4.78, 5) is 30.6. The molecule has 1 heterocycles. The Morgan fingerprint density at radius 2 is 1.73 bits per heavy atom. The molecular formula is C27H34BrN3O2. The molecule has 0 radical (unpaired) electrons. The summed E-state index contributed by atoms with van der Waals surface area (Å²) in [6.07, 6.45) is 7.68. The Morgan fingerprint density at radius 1 is 1.00 bits per heavy atom. The maximum absolute atomic E-state index is 13.6.